The van der Waals surface area contributed by atoms with Crippen molar-refractivity contribution in [3.05, 3.63) is 29.3 Å². The summed E-state index contributed by atoms with van der Waals surface area (Å²) in [6.07, 6.45) is 7.53. The summed E-state index contributed by atoms with van der Waals surface area (Å²) < 4.78 is 12.2. The Balaban J connectivity index is 1.60. The maximum atomic E-state index is 9.39. The molecule has 3 heteroatoms. The molecule has 1 heterocycles. The van der Waals surface area contributed by atoms with Crippen LogP contribution in [0.3, 0.4) is 0 Å². The molecule has 1 saturated heterocycles. The van der Waals surface area contributed by atoms with E-state index in [9.17, 15) is 5.11 Å². The Labute approximate surface area is 120 Å². The van der Waals surface area contributed by atoms with Gasteiger partial charge in [-0.05, 0) is 38.2 Å². The van der Waals surface area contributed by atoms with Gasteiger partial charge >= 0.3 is 0 Å². The summed E-state index contributed by atoms with van der Waals surface area (Å²) in [5.41, 5.74) is 2.10. The van der Waals surface area contributed by atoms with E-state index in [0.29, 0.717) is 6.61 Å². The van der Waals surface area contributed by atoms with Crippen molar-refractivity contribution in [1.29, 1.82) is 0 Å². The van der Waals surface area contributed by atoms with Crippen LogP contribution in [0.2, 0.25) is 0 Å². The number of para-hydroxylation sites is 1. The van der Waals surface area contributed by atoms with Gasteiger partial charge in [-0.3, -0.25) is 0 Å². The van der Waals surface area contributed by atoms with Gasteiger partial charge < -0.3 is 14.6 Å². The number of aliphatic hydroxyl groups excluding tert-OH is 1. The normalized spacial score (nSPS) is 24.4. The molecule has 1 aromatic carbocycles. The fraction of sp³-hybridized carbons (Fsp3) is 0.647. The Hall–Kier alpha value is -1.06. The van der Waals surface area contributed by atoms with Gasteiger partial charge in [0, 0.05) is 5.56 Å². The van der Waals surface area contributed by atoms with Gasteiger partial charge in [0.05, 0.1) is 18.3 Å². The highest BCUT2D eigenvalue weighted by Gasteiger charge is 2.42. The summed E-state index contributed by atoms with van der Waals surface area (Å²) in [6.45, 7) is 2.63. The molecule has 1 unspecified atom stereocenters. The first-order chi connectivity index (χ1) is 9.72. The van der Waals surface area contributed by atoms with Gasteiger partial charge in [-0.25, -0.2) is 0 Å². The lowest BCUT2D eigenvalue weighted by molar-refractivity contribution is -0.0511. The zero-order chi connectivity index (χ0) is 14.0. The summed E-state index contributed by atoms with van der Waals surface area (Å²) in [7, 11) is 0. The van der Waals surface area contributed by atoms with Crippen LogP contribution in [0, 0.1) is 6.92 Å². The van der Waals surface area contributed by atoms with Crippen molar-refractivity contribution in [2.45, 2.75) is 63.8 Å². The highest BCUT2D eigenvalue weighted by Crippen LogP contribution is 2.43. The van der Waals surface area contributed by atoms with Gasteiger partial charge in [-0.1, -0.05) is 31.0 Å². The smallest absolute Gasteiger partial charge is 0.127 e. The van der Waals surface area contributed by atoms with Crippen molar-refractivity contribution in [1.82, 2.24) is 0 Å². The van der Waals surface area contributed by atoms with Crippen molar-refractivity contribution in [2.24, 2.45) is 0 Å². The number of hydrogen-bond acceptors (Lipinski definition) is 3. The molecular weight excluding hydrogens is 252 g/mol. The molecule has 0 amide bonds. The van der Waals surface area contributed by atoms with Crippen molar-refractivity contribution in [3.63, 3.8) is 0 Å². The van der Waals surface area contributed by atoms with Crippen LogP contribution in [-0.4, -0.2) is 23.4 Å². The Morgan fingerprint density at radius 3 is 2.85 bits per heavy atom. The van der Waals surface area contributed by atoms with Crippen LogP contribution < -0.4 is 4.74 Å². The van der Waals surface area contributed by atoms with Crippen molar-refractivity contribution < 1.29 is 14.6 Å². The highest BCUT2D eigenvalue weighted by molar-refractivity contribution is 5.40. The number of hydrogen-bond donors (Lipinski definition) is 1. The van der Waals surface area contributed by atoms with Crippen LogP contribution in [0.1, 0.15) is 49.7 Å². The van der Waals surface area contributed by atoms with Gasteiger partial charge in [0.2, 0.25) is 0 Å². The molecule has 2 fully saturated rings. The molecule has 1 aliphatic carbocycles. The van der Waals surface area contributed by atoms with E-state index < -0.39 is 0 Å². The standard InChI is InChI=1S/C17H24O3/c1-13-5-4-6-14(11-18)16(13)19-12-15-7-10-17(20-15)8-2-3-9-17/h4-6,15,18H,2-3,7-12H2,1H3. The Bertz CT molecular complexity index is 463. The largest absolute Gasteiger partial charge is 0.490 e. The van der Waals surface area contributed by atoms with Gasteiger partial charge in [0.1, 0.15) is 12.4 Å². The number of aliphatic hydroxyl groups is 1. The molecule has 2 aliphatic rings. The Morgan fingerprint density at radius 1 is 1.30 bits per heavy atom. The summed E-state index contributed by atoms with van der Waals surface area (Å²) in [5.74, 6) is 0.825. The monoisotopic (exact) mass is 276 g/mol. The van der Waals surface area contributed by atoms with E-state index in [-0.39, 0.29) is 18.3 Å². The molecule has 0 aromatic heterocycles. The van der Waals surface area contributed by atoms with E-state index in [0.717, 1.165) is 23.3 Å². The topological polar surface area (TPSA) is 38.7 Å². The lowest BCUT2D eigenvalue weighted by Gasteiger charge is -2.24. The predicted molar refractivity (Wildman–Crippen MR) is 77.9 cm³/mol. The van der Waals surface area contributed by atoms with Crippen LogP contribution in [0.4, 0.5) is 0 Å². The molecule has 1 saturated carbocycles. The average molecular weight is 276 g/mol. The average Bonchev–Trinajstić information content (AvgIpc) is 3.08. The van der Waals surface area contributed by atoms with Crippen LogP contribution in [0.25, 0.3) is 0 Å². The lowest BCUT2D eigenvalue weighted by Crippen LogP contribution is -2.27. The Kier molecular flexibility index (Phi) is 3.99. The first kappa shape index (κ1) is 13.9. The zero-order valence-electron chi connectivity index (χ0n) is 12.2. The highest BCUT2D eigenvalue weighted by atomic mass is 16.6. The Morgan fingerprint density at radius 2 is 2.10 bits per heavy atom. The lowest BCUT2D eigenvalue weighted by atomic mass is 9.98. The summed E-state index contributed by atoms with van der Waals surface area (Å²) in [4.78, 5) is 0. The van der Waals surface area contributed by atoms with Crippen LogP contribution in [0.15, 0.2) is 18.2 Å². The van der Waals surface area contributed by atoms with E-state index in [2.05, 4.69) is 0 Å². The molecule has 3 nitrogen and oxygen atoms in total. The minimum Gasteiger partial charge on any atom is -0.490 e. The molecule has 1 aliphatic heterocycles. The van der Waals surface area contributed by atoms with Gasteiger partial charge in [0.15, 0.2) is 0 Å². The minimum atomic E-state index is 0.0203. The third kappa shape index (κ3) is 2.70. The molecule has 1 spiro atoms. The van der Waals surface area contributed by atoms with Crippen LogP contribution in [-0.2, 0) is 11.3 Å². The van der Waals surface area contributed by atoms with Gasteiger partial charge in [-0.15, -0.1) is 0 Å². The molecule has 0 radical (unpaired) electrons. The first-order valence-electron chi connectivity index (χ1n) is 7.72. The third-order valence-electron chi connectivity index (χ3n) is 4.73. The third-order valence-corrected chi connectivity index (χ3v) is 4.73. The minimum absolute atomic E-state index is 0.0203. The van der Waals surface area contributed by atoms with Crippen molar-refractivity contribution in [3.8, 4) is 5.75 Å². The summed E-state index contributed by atoms with van der Waals surface area (Å²) >= 11 is 0. The maximum absolute atomic E-state index is 9.39. The fourth-order valence-electron chi connectivity index (χ4n) is 3.62. The molecule has 0 bridgehead atoms. The van der Waals surface area contributed by atoms with Crippen LogP contribution in [0.5, 0.6) is 5.75 Å². The zero-order valence-corrected chi connectivity index (χ0v) is 12.2. The second kappa shape index (κ2) is 5.74. The fourth-order valence-corrected chi connectivity index (χ4v) is 3.62. The molecule has 1 N–H and O–H groups in total. The molecule has 1 atom stereocenters. The molecular formula is C17H24O3. The first-order valence-corrected chi connectivity index (χ1v) is 7.72. The molecule has 1 aromatic rings. The quantitative estimate of drug-likeness (QED) is 0.916. The van der Waals surface area contributed by atoms with Crippen LogP contribution >= 0.6 is 0 Å². The molecule has 3 rings (SSSR count). The van der Waals surface area contributed by atoms with E-state index >= 15 is 0 Å². The summed E-state index contributed by atoms with van der Waals surface area (Å²) in [6, 6.07) is 5.88. The number of aryl methyl sites for hydroxylation is 1. The molecule has 110 valence electrons. The van der Waals surface area contributed by atoms with E-state index in [1.165, 1.54) is 32.1 Å². The second-order valence-electron chi connectivity index (χ2n) is 6.20. The predicted octanol–water partition coefficient (Wildman–Crippen LogP) is 3.36. The van der Waals surface area contributed by atoms with Crippen molar-refractivity contribution in [2.75, 3.05) is 6.61 Å². The second-order valence-corrected chi connectivity index (χ2v) is 6.20. The SMILES string of the molecule is Cc1cccc(CO)c1OCC1CCC2(CCCC2)O1. The van der Waals surface area contributed by atoms with Gasteiger partial charge in [-0.2, -0.15) is 0 Å². The molecule has 20 heavy (non-hydrogen) atoms. The van der Waals surface area contributed by atoms with E-state index in [1.807, 2.05) is 25.1 Å². The van der Waals surface area contributed by atoms with Crippen molar-refractivity contribution >= 4 is 0 Å². The number of benzene rings is 1. The van der Waals surface area contributed by atoms with E-state index in [4.69, 9.17) is 9.47 Å². The number of ether oxygens (including phenoxy) is 2. The number of rotatable bonds is 4. The van der Waals surface area contributed by atoms with Gasteiger partial charge in [0.25, 0.3) is 0 Å². The maximum Gasteiger partial charge on any atom is 0.127 e. The summed E-state index contributed by atoms with van der Waals surface area (Å²) in [5, 5.41) is 9.39. The van der Waals surface area contributed by atoms with E-state index in [1.54, 1.807) is 0 Å².